The van der Waals surface area contributed by atoms with Crippen LogP contribution in [0.15, 0.2) is 182 Å². The molecule has 14 rings (SSSR count). The normalized spacial score (nSPS) is 12.3. The Bertz CT molecular complexity index is 3900. The fourth-order valence-corrected chi connectivity index (χ4v) is 10.9. The maximum absolute atomic E-state index is 5.59. The van der Waals surface area contributed by atoms with E-state index in [-0.39, 0.29) is 0 Å². The summed E-state index contributed by atoms with van der Waals surface area (Å²) in [6.07, 6.45) is 1.92. The molecule has 0 spiro atoms. The maximum atomic E-state index is 5.59. The molecule has 14 aromatic rings. The number of rotatable bonds is 4. The third-order valence-electron chi connectivity index (χ3n) is 12.3. The molecule has 0 atom stereocenters. The molecule has 0 N–H and O–H groups in total. The molecule has 0 amide bonds. The zero-order chi connectivity index (χ0) is 39.8. The van der Waals surface area contributed by atoms with Crippen molar-refractivity contribution in [1.82, 2.24) is 38.0 Å². The van der Waals surface area contributed by atoms with Crippen LogP contribution in [0.25, 0.3) is 120 Å². The number of benzene rings is 7. The summed E-state index contributed by atoms with van der Waals surface area (Å²) >= 11 is 1.76. The molecule has 0 unspecified atom stereocenters. The standard InChI is InChI=1S/C52H30N8S/c1-7-21-39-31(14-1)32-15-2-8-22-40(32)57(39)46-30-47(58-41-23-9-3-16-33(41)34-17-4-10-24-42(34)58)56-50(55-46)37-19-13-26-44-48(37)60(52-54-38-20-6-11-25-43(38)59(44)52)51-49-36(28-29-53-51)35-18-5-12-27-45(35)61-49/h1-30H. The van der Waals surface area contributed by atoms with Gasteiger partial charge >= 0.3 is 0 Å². The van der Waals surface area contributed by atoms with Crippen LogP contribution < -0.4 is 0 Å². The molecule has 7 aromatic carbocycles. The zero-order valence-electron chi connectivity index (χ0n) is 32.3. The van der Waals surface area contributed by atoms with Gasteiger partial charge in [-0.05, 0) is 60.7 Å². The number of hydrogen-bond donors (Lipinski definition) is 0. The second-order valence-corrected chi connectivity index (χ2v) is 16.6. The van der Waals surface area contributed by atoms with Gasteiger partial charge in [-0.1, -0.05) is 109 Å². The number of nitrogens with zero attached hydrogens (tertiary/aromatic N) is 8. The summed E-state index contributed by atoms with van der Waals surface area (Å²) in [5, 5.41) is 7.06. The molecule has 284 valence electrons. The quantitative estimate of drug-likeness (QED) is 0.178. The van der Waals surface area contributed by atoms with Crippen LogP contribution in [0, 0.1) is 0 Å². The Morgan fingerprint density at radius 2 is 0.934 bits per heavy atom. The van der Waals surface area contributed by atoms with Crippen LogP contribution in [-0.4, -0.2) is 38.0 Å². The minimum atomic E-state index is 0.594. The SMILES string of the molecule is c1ccc2c(c1)nc1n(-c3nccc4c3sc3ccccc34)c3c(-c4nc(-n5c6ccccc6c6ccccc65)cc(-n5c6ccccc6c6ccccc65)n4)cccc3n21. The molecule has 0 aliphatic heterocycles. The molecule has 0 fully saturated rings. The van der Waals surface area contributed by atoms with Crippen molar-refractivity contribution < 1.29 is 0 Å². The predicted octanol–water partition coefficient (Wildman–Crippen LogP) is 12.8. The summed E-state index contributed by atoms with van der Waals surface area (Å²) in [4.78, 5) is 21.7. The van der Waals surface area contributed by atoms with Crippen LogP contribution in [0.1, 0.15) is 0 Å². The lowest BCUT2D eigenvalue weighted by molar-refractivity contribution is 0.993. The first kappa shape index (κ1) is 32.8. The van der Waals surface area contributed by atoms with Crippen molar-refractivity contribution in [2.45, 2.75) is 0 Å². The van der Waals surface area contributed by atoms with E-state index in [1.807, 2.05) is 12.3 Å². The summed E-state index contributed by atoms with van der Waals surface area (Å²) in [5.41, 5.74) is 9.04. The molecule has 0 aliphatic rings. The highest BCUT2D eigenvalue weighted by molar-refractivity contribution is 7.26. The summed E-state index contributed by atoms with van der Waals surface area (Å²) < 4.78 is 11.4. The number of pyridine rings is 1. The number of fused-ring (bicyclic) bond motifs is 14. The number of imidazole rings is 2. The Morgan fingerprint density at radius 3 is 1.56 bits per heavy atom. The third kappa shape index (κ3) is 4.47. The van der Waals surface area contributed by atoms with Crippen LogP contribution >= 0.6 is 11.3 Å². The van der Waals surface area contributed by atoms with E-state index in [1.165, 1.54) is 31.6 Å². The van der Waals surface area contributed by atoms with Crippen molar-refractivity contribution in [2.24, 2.45) is 0 Å². The van der Waals surface area contributed by atoms with Crippen molar-refractivity contribution in [3.63, 3.8) is 0 Å². The molecule has 0 radical (unpaired) electrons. The fraction of sp³-hybridized carbons (Fsp3) is 0. The van der Waals surface area contributed by atoms with E-state index in [0.717, 1.165) is 83.0 Å². The van der Waals surface area contributed by atoms with Gasteiger partial charge in [-0.2, -0.15) is 0 Å². The highest BCUT2D eigenvalue weighted by atomic mass is 32.1. The lowest BCUT2D eigenvalue weighted by Gasteiger charge is -2.15. The first-order chi connectivity index (χ1) is 30.3. The number of aromatic nitrogens is 8. The summed E-state index contributed by atoms with van der Waals surface area (Å²) in [6.45, 7) is 0. The van der Waals surface area contributed by atoms with Gasteiger partial charge in [-0.25, -0.2) is 19.9 Å². The highest BCUT2D eigenvalue weighted by Gasteiger charge is 2.26. The van der Waals surface area contributed by atoms with Gasteiger partial charge in [0, 0.05) is 54.8 Å². The van der Waals surface area contributed by atoms with Gasteiger partial charge < -0.3 is 0 Å². The van der Waals surface area contributed by atoms with Crippen LogP contribution in [0.5, 0.6) is 0 Å². The van der Waals surface area contributed by atoms with E-state index in [1.54, 1.807) is 11.3 Å². The zero-order valence-corrected chi connectivity index (χ0v) is 33.1. The Hall–Kier alpha value is -8.14. The number of hydrogen-bond acceptors (Lipinski definition) is 5. The monoisotopic (exact) mass is 798 g/mol. The lowest BCUT2D eigenvalue weighted by Crippen LogP contribution is -2.07. The summed E-state index contributed by atoms with van der Waals surface area (Å²) in [5.74, 6) is 3.74. The number of para-hydroxylation sites is 7. The van der Waals surface area contributed by atoms with Crippen LogP contribution in [0.2, 0.25) is 0 Å². The molecular weight excluding hydrogens is 769 g/mol. The topological polar surface area (TPSA) is 70.8 Å². The van der Waals surface area contributed by atoms with Gasteiger partial charge in [0.1, 0.15) is 11.6 Å². The van der Waals surface area contributed by atoms with Gasteiger partial charge in [-0.3, -0.25) is 18.1 Å². The van der Waals surface area contributed by atoms with Crippen molar-refractivity contribution in [3.05, 3.63) is 182 Å². The highest BCUT2D eigenvalue weighted by Crippen LogP contribution is 2.42. The van der Waals surface area contributed by atoms with E-state index in [4.69, 9.17) is 19.9 Å². The molecule has 7 aromatic heterocycles. The van der Waals surface area contributed by atoms with Crippen molar-refractivity contribution in [1.29, 1.82) is 0 Å². The van der Waals surface area contributed by atoms with Gasteiger partial charge in [0.05, 0.1) is 48.8 Å². The molecule has 0 saturated heterocycles. The largest absolute Gasteiger partial charge is 0.294 e. The van der Waals surface area contributed by atoms with E-state index in [2.05, 4.69) is 188 Å². The second-order valence-electron chi connectivity index (χ2n) is 15.5. The molecule has 0 bridgehead atoms. The minimum absolute atomic E-state index is 0.594. The predicted molar refractivity (Wildman–Crippen MR) is 250 cm³/mol. The fourth-order valence-electron chi connectivity index (χ4n) is 9.74. The van der Waals surface area contributed by atoms with E-state index in [0.29, 0.717) is 5.82 Å². The summed E-state index contributed by atoms with van der Waals surface area (Å²) in [6, 6.07) is 61.9. The van der Waals surface area contributed by atoms with Gasteiger partial charge in [0.25, 0.3) is 0 Å². The van der Waals surface area contributed by atoms with Gasteiger partial charge in [-0.15, -0.1) is 11.3 Å². The van der Waals surface area contributed by atoms with E-state index in [9.17, 15) is 0 Å². The molecular formula is C52H30N8S. The van der Waals surface area contributed by atoms with E-state index < -0.39 is 0 Å². The molecule has 0 saturated carbocycles. The first-order valence-corrected chi connectivity index (χ1v) is 21.1. The number of thiophene rings is 1. The van der Waals surface area contributed by atoms with Crippen molar-refractivity contribution >= 4 is 103 Å². The van der Waals surface area contributed by atoms with Crippen molar-refractivity contribution in [2.75, 3.05) is 0 Å². The van der Waals surface area contributed by atoms with Crippen LogP contribution in [0.3, 0.4) is 0 Å². The first-order valence-electron chi connectivity index (χ1n) is 20.3. The molecule has 8 nitrogen and oxygen atoms in total. The Labute approximate surface area is 350 Å². The molecule has 61 heavy (non-hydrogen) atoms. The average molecular weight is 799 g/mol. The molecule has 7 heterocycles. The summed E-state index contributed by atoms with van der Waals surface area (Å²) in [7, 11) is 0. The van der Waals surface area contributed by atoms with Gasteiger partial charge in [0.2, 0.25) is 5.78 Å². The maximum Gasteiger partial charge on any atom is 0.221 e. The molecule has 9 heteroatoms. The smallest absolute Gasteiger partial charge is 0.221 e. The minimum Gasteiger partial charge on any atom is -0.294 e. The lowest BCUT2D eigenvalue weighted by atomic mass is 10.1. The Morgan fingerprint density at radius 1 is 0.410 bits per heavy atom. The Kier molecular flexibility index (Phi) is 6.56. The van der Waals surface area contributed by atoms with Crippen molar-refractivity contribution in [3.8, 4) is 28.8 Å². The Balaban J connectivity index is 1.15. The van der Waals surface area contributed by atoms with Crippen LogP contribution in [0.4, 0.5) is 0 Å². The van der Waals surface area contributed by atoms with E-state index >= 15 is 0 Å². The average Bonchev–Trinajstić information content (AvgIpc) is 4.12. The molecule has 0 aliphatic carbocycles. The second kappa shape index (κ2) is 12.2. The third-order valence-corrected chi connectivity index (χ3v) is 13.4. The van der Waals surface area contributed by atoms with Gasteiger partial charge in [0.15, 0.2) is 11.6 Å². The van der Waals surface area contributed by atoms with Crippen LogP contribution in [-0.2, 0) is 0 Å².